The summed E-state index contributed by atoms with van der Waals surface area (Å²) < 4.78 is 28.6. The van der Waals surface area contributed by atoms with E-state index in [0.717, 1.165) is 18.3 Å². The van der Waals surface area contributed by atoms with Crippen LogP contribution in [-0.4, -0.2) is 134 Å². The van der Waals surface area contributed by atoms with E-state index in [4.69, 9.17) is 23.7 Å². The SMILES string of the molecule is C[C@H]1O[C@H](O[C@H]2CC[C@]3(C=O)[C@H]4CC[C@]5(C)[C@@H](C6=CC(=O)OC6)CC[C@]5(O)[C@H]4CC[C@]3(O)C2)[C@@H](O)[C@@H]1O[C@@H]1O[C@H](CO)[C@@H](O)[C@H](O)[C@H]1O. The topological polar surface area (TPSA) is 222 Å². The molecule has 0 bridgehead atoms. The monoisotopic (exact) mass is 682 g/mol. The van der Waals surface area contributed by atoms with Gasteiger partial charge in [-0.1, -0.05) is 6.92 Å². The lowest BCUT2D eigenvalue weighted by molar-refractivity contribution is -0.317. The van der Waals surface area contributed by atoms with Crippen LogP contribution in [0.3, 0.4) is 0 Å². The second kappa shape index (κ2) is 12.3. The first kappa shape index (κ1) is 34.9. The maximum Gasteiger partial charge on any atom is 0.331 e. The smallest absolute Gasteiger partial charge is 0.331 e. The zero-order valence-electron chi connectivity index (χ0n) is 27.4. The van der Waals surface area contributed by atoms with Gasteiger partial charge in [-0.25, -0.2) is 4.79 Å². The highest BCUT2D eigenvalue weighted by Crippen LogP contribution is 2.70. The van der Waals surface area contributed by atoms with Gasteiger partial charge in [-0.2, -0.15) is 0 Å². The van der Waals surface area contributed by atoms with Crippen molar-refractivity contribution in [2.45, 2.75) is 144 Å². The average molecular weight is 683 g/mol. The Morgan fingerprint density at radius 3 is 2.31 bits per heavy atom. The van der Waals surface area contributed by atoms with Crippen molar-refractivity contribution in [1.82, 2.24) is 0 Å². The number of aldehydes is 1. The summed E-state index contributed by atoms with van der Waals surface area (Å²) in [7, 11) is 0. The van der Waals surface area contributed by atoms with Crippen LogP contribution in [0.15, 0.2) is 11.6 Å². The number of hydrogen-bond acceptors (Lipinski definition) is 14. The number of ether oxygens (including phenoxy) is 5. The molecule has 4 aliphatic carbocycles. The van der Waals surface area contributed by atoms with Crippen LogP contribution < -0.4 is 0 Å². The standard InChI is InChI=1S/C34H50O14/c1-16-28(48-29-26(40)25(39)24(38)22(13-35)47-29)27(41)30(45-16)46-18-3-8-32(15-36)20-4-7-31(2)19(17-11-23(37)44-14-17)6-10-34(31,43)21(20)5-9-33(32,42)12-18/h11,15-16,18-22,24-30,35,38-43H,3-10,12-14H2,1-2H3/t16-,18+,19-,20+,21+,22-,24-,25+,26-,27+,28-,29+,30-,31-,32+,33+,34+/m1/s1. The fourth-order valence-corrected chi connectivity index (χ4v) is 11.1. The van der Waals surface area contributed by atoms with E-state index in [0.29, 0.717) is 44.9 Å². The van der Waals surface area contributed by atoms with E-state index in [9.17, 15) is 45.3 Å². The van der Waals surface area contributed by atoms with Gasteiger partial charge >= 0.3 is 5.97 Å². The molecule has 0 amide bonds. The van der Waals surface area contributed by atoms with Gasteiger partial charge in [0.1, 0.15) is 49.5 Å². The number of aliphatic hydroxyl groups excluding tert-OH is 5. The molecule has 14 heteroatoms. The van der Waals surface area contributed by atoms with Crippen LogP contribution in [0.25, 0.3) is 0 Å². The van der Waals surface area contributed by atoms with Gasteiger partial charge in [0.25, 0.3) is 0 Å². The van der Waals surface area contributed by atoms with Crippen LogP contribution in [0.1, 0.15) is 71.6 Å². The molecule has 48 heavy (non-hydrogen) atoms. The van der Waals surface area contributed by atoms with E-state index >= 15 is 0 Å². The summed E-state index contributed by atoms with van der Waals surface area (Å²) in [6.07, 6.45) is -5.51. The van der Waals surface area contributed by atoms with E-state index in [1.54, 1.807) is 13.0 Å². The van der Waals surface area contributed by atoms with Gasteiger partial charge < -0.3 is 64.2 Å². The summed E-state index contributed by atoms with van der Waals surface area (Å²) in [4.78, 5) is 25.0. The molecular formula is C34H50O14. The summed E-state index contributed by atoms with van der Waals surface area (Å²) in [6, 6.07) is 0. The van der Waals surface area contributed by atoms with E-state index in [1.165, 1.54) is 0 Å². The molecule has 0 aromatic carbocycles. The Morgan fingerprint density at radius 1 is 0.896 bits per heavy atom. The molecule has 7 aliphatic rings. The van der Waals surface area contributed by atoms with Crippen LogP contribution in [0.4, 0.5) is 0 Å². The number of cyclic esters (lactones) is 1. The summed E-state index contributed by atoms with van der Waals surface area (Å²) >= 11 is 0. The van der Waals surface area contributed by atoms with Gasteiger partial charge in [0.2, 0.25) is 0 Å². The summed E-state index contributed by atoms with van der Waals surface area (Å²) in [5.41, 5.74) is -3.07. The minimum Gasteiger partial charge on any atom is -0.458 e. The second-order valence-corrected chi connectivity index (χ2v) is 15.7. The first-order valence-electron chi connectivity index (χ1n) is 17.5. The lowest BCUT2D eigenvalue weighted by Crippen LogP contribution is -2.69. The molecule has 7 N–H and O–H groups in total. The summed E-state index contributed by atoms with van der Waals surface area (Å²) in [5.74, 6) is -0.752. The highest BCUT2D eigenvalue weighted by atomic mass is 16.8. The lowest BCUT2D eigenvalue weighted by atomic mass is 9.41. The molecular weight excluding hydrogens is 632 g/mol. The predicted octanol–water partition coefficient (Wildman–Crippen LogP) is -0.787. The van der Waals surface area contributed by atoms with Crippen molar-refractivity contribution in [1.29, 1.82) is 0 Å². The van der Waals surface area contributed by atoms with Crippen LogP contribution in [-0.2, 0) is 33.3 Å². The average Bonchev–Trinajstić information content (AvgIpc) is 3.69. The molecule has 0 aromatic heterocycles. The van der Waals surface area contributed by atoms with E-state index in [1.807, 2.05) is 0 Å². The number of hydrogen-bond donors (Lipinski definition) is 7. The quantitative estimate of drug-likeness (QED) is 0.129. The minimum atomic E-state index is -1.65. The zero-order chi connectivity index (χ0) is 34.4. The maximum absolute atomic E-state index is 13.1. The third-order valence-electron chi connectivity index (χ3n) is 13.7. The minimum absolute atomic E-state index is 0.0146. The Balaban J connectivity index is 1.03. The Labute approximate surface area is 279 Å². The van der Waals surface area contributed by atoms with Gasteiger partial charge in [0, 0.05) is 17.9 Å². The third kappa shape index (κ3) is 5.01. The van der Waals surface area contributed by atoms with Gasteiger partial charge in [-0.3, -0.25) is 0 Å². The van der Waals surface area contributed by atoms with Crippen LogP contribution in [0, 0.1) is 28.6 Å². The number of carbonyl (C=O) groups is 2. The predicted molar refractivity (Wildman–Crippen MR) is 161 cm³/mol. The lowest BCUT2D eigenvalue weighted by Gasteiger charge is -2.65. The van der Waals surface area contributed by atoms with Crippen molar-refractivity contribution >= 4 is 12.3 Å². The molecule has 0 spiro atoms. The van der Waals surface area contributed by atoms with Crippen LogP contribution in [0.2, 0.25) is 0 Å². The largest absolute Gasteiger partial charge is 0.458 e. The molecule has 0 aromatic rings. The number of carbonyl (C=O) groups excluding carboxylic acids is 2. The molecule has 7 rings (SSSR count). The zero-order valence-corrected chi connectivity index (χ0v) is 27.4. The Kier molecular flexibility index (Phi) is 8.93. The highest BCUT2D eigenvalue weighted by molar-refractivity contribution is 5.85. The van der Waals surface area contributed by atoms with Crippen molar-refractivity contribution in [3.05, 3.63) is 11.6 Å². The van der Waals surface area contributed by atoms with Crippen molar-refractivity contribution in [2.24, 2.45) is 28.6 Å². The van der Waals surface area contributed by atoms with Crippen molar-refractivity contribution in [2.75, 3.05) is 13.2 Å². The first-order chi connectivity index (χ1) is 22.7. The molecule has 4 saturated carbocycles. The van der Waals surface area contributed by atoms with E-state index in [-0.39, 0.29) is 36.8 Å². The molecule has 0 unspecified atom stereocenters. The second-order valence-electron chi connectivity index (χ2n) is 15.7. The normalized spacial score (nSPS) is 55.0. The molecule has 3 aliphatic heterocycles. The van der Waals surface area contributed by atoms with Crippen molar-refractivity contribution in [3.63, 3.8) is 0 Å². The van der Waals surface area contributed by atoms with Gasteiger partial charge in [0.15, 0.2) is 12.6 Å². The fourth-order valence-electron chi connectivity index (χ4n) is 11.1. The number of rotatable bonds is 7. The molecule has 14 nitrogen and oxygen atoms in total. The van der Waals surface area contributed by atoms with Crippen molar-refractivity contribution < 1.29 is 69.0 Å². The van der Waals surface area contributed by atoms with Gasteiger partial charge in [-0.15, -0.1) is 0 Å². The number of fused-ring (bicyclic) bond motifs is 5. The maximum atomic E-state index is 13.1. The summed E-state index contributed by atoms with van der Waals surface area (Å²) in [5, 5.41) is 76.0. The highest BCUT2D eigenvalue weighted by Gasteiger charge is 2.71. The molecule has 6 fully saturated rings. The molecule has 2 saturated heterocycles. The van der Waals surface area contributed by atoms with Crippen LogP contribution in [0.5, 0.6) is 0 Å². The Bertz CT molecular complexity index is 1290. The molecule has 3 heterocycles. The molecule has 270 valence electrons. The van der Waals surface area contributed by atoms with E-state index < -0.39 is 90.1 Å². The van der Waals surface area contributed by atoms with Gasteiger partial charge in [-0.05, 0) is 81.6 Å². The van der Waals surface area contributed by atoms with Crippen molar-refractivity contribution in [3.8, 4) is 0 Å². The van der Waals surface area contributed by atoms with Crippen LogP contribution >= 0.6 is 0 Å². The molecule has 0 radical (unpaired) electrons. The number of aliphatic hydroxyl groups is 7. The Morgan fingerprint density at radius 2 is 1.62 bits per heavy atom. The fraction of sp³-hybridized carbons (Fsp3) is 0.882. The molecule has 17 atom stereocenters. The van der Waals surface area contributed by atoms with Gasteiger partial charge in [0.05, 0.1) is 35.4 Å². The third-order valence-corrected chi connectivity index (χ3v) is 13.7. The van der Waals surface area contributed by atoms with E-state index in [2.05, 4.69) is 6.92 Å². The first-order valence-corrected chi connectivity index (χ1v) is 17.5. The Hall–Kier alpha value is -1.56. The summed E-state index contributed by atoms with van der Waals surface area (Å²) in [6.45, 7) is 3.37. The number of esters is 1.